The van der Waals surface area contributed by atoms with Gasteiger partial charge in [-0.25, -0.2) is 28.4 Å². The smallest absolute Gasteiger partial charge is 0.266 e. The molecule has 2 heterocycles. The fraction of sp³-hybridized carbons (Fsp3) is 0.200. The monoisotopic (exact) mass is 358 g/mol. The quantitative estimate of drug-likeness (QED) is 0.827. The first-order chi connectivity index (χ1) is 9.51. The third kappa shape index (κ3) is 3.61. The lowest BCUT2D eigenvalue weighted by Gasteiger charge is -2.07. The second kappa shape index (κ2) is 6.09. The minimum Gasteiger partial charge on any atom is -0.355 e. The van der Waals surface area contributed by atoms with Crippen LogP contribution in [0.5, 0.6) is 0 Å². The van der Waals surface area contributed by atoms with Gasteiger partial charge in [-0.15, -0.1) is 0 Å². The van der Waals surface area contributed by atoms with Crippen LogP contribution in [-0.2, 0) is 10.0 Å². The van der Waals surface area contributed by atoms with E-state index in [-0.39, 0.29) is 10.7 Å². The highest BCUT2D eigenvalue weighted by molar-refractivity contribution is 9.10. The summed E-state index contributed by atoms with van der Waals surface area (Å²) >= 11 is 3.11. The van der Waals surface area contributed by atoms with E-state index in [1.54, 1.807) is 0 Å². The molecule has 0 radical (unpaired) electrons. The normalized spacial score (nSPS) is 11.1. The Morgan fingerprint density at radius 3 is 2.35 bits per heavy atom. The van der Waals surface area contributed by atoms with Gasteiger partial charge in [0, 0.05) is 6.54 Å². The van der Waals surface area contributed by atoms with E-state index in [9.17, 15) is 8.42 Å². The zero-order valence-electron chi connectivity index (χ0n) is 10.4. The minimum absolute atomic E-state index is 0.0520. The van der Waals surface area contributed by atoms with Gasteiger partial charge < -0.3 is 5.32 Å². The van der Waals surface area contributed by atoms with Crippen LogP contribution >= 0.6 is 15.9 Å². The average molecular weight is 359 g/mol. The molecule has 0 aliphatic heterocycles. The SMILES string of the molecule is CCNc1ncc(S(=O)(=O)Nc2cnc(Br)cn2)cn1. The Morgan fingerprint density at radius 2 is 1.80 bits per heavy atom. The molecule has 0 saturated carbocycles. The van der Waals surface area contributed by atoms with Gasteiger partial charge in [0.2, 0.25) is 5.95 Å². The number of rotatable bonds is 5. The Labute approximate surface area is 124 Å². The second-order valence-electron chi connectivity index (χ2n) is 3.60. The van der Waals surface area contributed by atoms with Crippen molar-refractivity contribution in [3.05, 3.63) is 29.4 Å². The highest BCUT2D eigenvalue weighted by Gasteiger charge is 2.16. The molecule has 2 N–H and O–H groups in total. The van der Waals surface area contributed by atoms with Gasteiger partial charge in [-0.05, 0) is 22.9 Å². The van der Waals surface area contributed by atoms with Crippen LogP contribution in [0, 0.1) is 0 Å². The first-order valence-electron chi connectivity index (χ1n) is 5.57. The van der Waals surface area contributed by atoms with Crippen molar-refractivity contribution < 1.29 is 8.42 Å². The predicted octanol–water partition coefficient (Wildman–Crippen LogP) is 1.26. The Balaban J connectivity index is 2.19. The molecule has 0 unspecified atom stereocenters. The van der Waals surface area contributed by atoms with E-state index >= 15 is 0 Å². The fourth-order valence-corrected chi connectivity index (χ4v) is 2.35. The zero-order valence-corrected chi connectivity index (χ0v) is 12.8. The number of nitrogens with zero attached hydrogens (tertiary/aromatic N) is 4. The fourth-order valence-electron chi connectivity index (χ4n) is 1.27. The topological polar surface area (TPSA) is 110 Å². The summed E-state index contributed by atoms with van der Waals surface area (Å²) in [4.78, 5) is 15.5. The number of hydrogen-bond acceptors (Lipinski definition) is 7. The zero-order chi connectivity index (χ0) is 14.6. The highest BCUT2D eigenvalue weighted by atomic mass is 79.9. The number of halogens is 1. The van der Waals surface area contributed by atoms with Gasteiger partial charge in [0.15, 0.2) is 5.82 Å². The van der Waals surface area contributed by atoms with Gasteiger partial charge in [-0.1, -0.05) is 0 Å². The van der Waals surface area contributed by atoms with Crippen molar-refractivity contribution in [3.8, 4) is 0 Å². The lowest BCUT2D eigenvalue weighted by atomic mass is 10.6. The summed E-state index contributed by atoms with van der Waals surface area (Å²) in [6.45, 7) is 2.54. The molecule has 10 heteroatoms. The van der Waals surface area contributed by atoms with Gasteiger partial charge in [-0.2, -0.15) is 0 Å². The van der Waals surface area contributed by atoms with Crippen LogP contribution in [0.25, 0.3) is 0 Å². The van der Waals surface area contributed by atoms with Crippen LogP contribution in [0.2, 0.25) is 0 Å². The summed E-state index contributed by atoms with van der Waals surface area (Å²) in [7, 11) is -3.78. The molecule has 0 saturated heterocycles. The van der Waals surface area contributed by atoms with Crippen molar-refractivity contribution in [2.75, 3.05) is 16.6 Å². The molecule has 0 amide bonds. The molecule has 2 rings (SSSR count). The summed E-state index contributed by atoms with van der Waals surface area (Å²) in [6, 6.07) is 0. The Bertz CT molecular complexity index is 674. The molecule has 0 aromatic carbocycles. The summed E-state index contributed by atoms with van der Waals surface area (Å²) in [5.41, 5.74) is 0. The van der Waals surface area contributed by atoms with Crippen molar-refractivity contribution in [2.24, 2.45) is 0 Å². The van der Waals surface area contributed by atoms with Crippen LogP contribution in [0.15, 0.2) is 34.3 Å². The van der Waals surface area contributed by atoms with Gasteiger partial charge in [0.25, 0.3) is 10.0 Å². The lowest BCUT2D eigenvalue weighted by molar-refractivity contribution is 0.600. The van der Waals surface area contributed by atoms with Crippen molar-refractivity contribution in [3.63, 3.8) is 0 Å². The molecular weight excluding hydrogens is 348 g/mol. The molecule has 0 aliphatic rings. The molecule has 20 heavy (non-hydrogen) atoms. The number of hydrogen-bond donors (Lipinski definition) is 2. The Hall–Kier alpha value is -1.81. The van der Waals surface area contributed by atoms with Crippen molar-refractivity contribution >= 4 is 37.7 Å². The Kier molecular flexibility index (Phi) is 4.45. The van der Waals surface area contributed by atoms with Gasteiger partial charge in [-0.3, -0.25) is 4.72 Å². The molecule has 2 aromatic heterocycles. The van der Waals surface area contributed by atoms with E-state index in [0.29, 0.717) is 17.1 Å². The van der Waals surface area contributed by atoms with Gasteiger partial charge in [0.1, 0.15) is 9.50 Å². The second-order valence-corrected chi connectivity index (χ2v) is 6.10. The molecule has 0 atom stereocenters. The first-order valence-corrected chi connectivity index (χ1v) is 7.85. The lowest BCUT2D eigenvalue weighted by Crippen LogP contribution is -2.15. The van der Waals surface area contributed by atoms with Crippen LogP contribution in [0.3, 0.4) is 0 Å². The summed E-state index contributed by atoms with van der Waals surface area (Å²) in [5, 5.41) is 2.88. The average Bonchev–Trinajstić information content (AvgIpc) is 2.42. The van der Waals surface area contributed by atoms with Gasteiger partial charge in [0.05, 0.1) is 24.8 Å². The Morgan fingerprint density at radius 1 is 1.10 bits per heavy atom. The minimum atomic E-state index is -3.78. The molecule has 0 spiro atoms. The maximum absolute atomic E-state index is 12.1. The molecular formula is C10H11BrN6O2S. The summed E-state index contributed by atoms with van der Waals surface area (Å²) < 4.78 is 26.9. The number of nitrogens with one attached hydrogen (secondary N) is 2. The largest absolute Gasteiger partial charge is 0.355 e. The van der Waals surface area contributed by atoms with E-state index in [1.165, 1.54) is 24.8 Å². The van der Waals surface area contributed by atoms with Crippen molar-refractivity contribution in [1.29, 1.82) is 0 Å². The molecule has 0 aliphatic carbocycles. The number of anilines is 2. The summed E-state index contributed by atoms with van der Waals surface area (Å²) in [6.07, 6.45) is 5.14. The molecule has 0 bridgehead atoms. The first kappa shape index (κ1) is 14.6. The van der Waals surface area contributed by atoms with E-state index < -0.39 is 10.0 Å². The molecule has 8 nitrogen and oxygen atoms in total. The molecule has 2 aromatic rings. The van der Waals surface area contributed by atoms with Crippen LogP contribution in [-0.4, -0.2) is 34.9 Å². The number of aromatic nitrogens is 4. The number of sulfonamides is 1. The maximum Gasteiger partial charge on any atom is 0.266 e. The predicted molar refractivity (Wildman–Crippen MR) is 76.7 cm³/mol. The molecule has 106 valence electrons. The van der Waals surface area contributed by atoms with E-state index in [4.69, 9.17) is 0 Å². The van der Waals surface area contributed by atoms with Crippen LogP contribution in [0.4, 0.5) is 11.8 Å². The highest BCUT2D eigenvalue weighted by Crippen LogP contribution is 2.13. The van der Waals surface area contributed by atoms with E-state index in [1.807, 2.05) is 6.92 Å². The maximum atomic E-state index is 12.1. The van der Waals surface area contributed by atoms with Gasteiger partial charge >= 0.3 is 0 Å². The van der Waals surface area contributed by atoms with Crippen molar-refractivity contribution in [2.45, 2.75) is 11.8 Å². The van der Waals surface area contributed by atoms with E-state index in [2.05, 4.69) is 45.9 Å². The van der Waals surface area contributed by atoms with Crippen molar-refractivity contribution in [1.82, 2.24) is 19.9 Å². The standard InChI is InChI=1S/C10H11BrN6O2S/c1-2-12-10-15-3-7(4-16-10)20(18,19)17-9-6-13-8(11)5-14-9/h3-6H,2H2,1H3,(H,14,17)(H,12,15,16). The summed E-state index contributed by atoms with van der Waals surface area (Å²) in [5.74, 6) is 0.485. The van der Waals surface area contributed by atoms with Crippen LogP contribution in [0.1, 0.15) is 6.92 Å². The van der Waals surface area contributed by atoms with Crippen LogP contribution < -0.4 is 10.0 Å². The third-order valence-corrected chi connectivity index (χ3v) is 3.85. The third-order valence-electron chi connectivity index (χ3n) is 2.13. The van der Waals surface area contributed by atoms with E-state index in [0.717, 1.165) is 0 Å². The molecule has 0 fully saturated rings.